The van der Waals surface area contributed by atoms with Crippen LogP contribution in [-0.2, 0) is 11.3 Å². The quantitative estimate of drug-likeness (QED) is 0.877. The molecule has 118 valence electrons. The SMILES string of the molecule is CCCCn1ncc(NC2CC(OC)C2(C)C)c(Cl)c1=O. The summed E-state index contributed by atoms with van der Waals surface area (Å²) in [6, 6.07) is 0.229. The Morgan fingerprint density at radius 1 is 1.57 bits per heavy atom. The maximum Gasteiger partial charge on any atom is 0.287 e. The lowest BCUT2D eigenvalue weighted by atomic mass is 9.64. The van der Waals surface area contributed by atoms with Crippen molar-refractivity contribution in [2.75, 3.05) is 12.4 Å². The first-order valence-electron chi connectivity index (χ1n) is 7.46. The second-order valence-corrected chi connectivity index (χ2v) is 6.61. The lowest BCUT2D eigenvalue weighted by molar-refractivity contribution is -0.0794. The Bertz CT molecular complexity index is 556. The summed E-state index contributed by atoms with van der Waals surface area (Å²) >= 11 is 6.20. The molecule has 5 nitrogen and oxygen atoms in total. The first kappa shape index (κ1) is 16.3. The lowest BCUT2D eigenvalue weighted by Gasteiger charge is -2.51. The second kappa shape index (κ2) is 6.36. The molecule has 1 fully saturated rings. The van der Waals surface area contributed by atoms with Crippen molar-refractivity contribution in [1.29, 1.82) is 0 Å². The smallest absolute Gasteiger partial charge is 0.287 e. The van der Waals surface area contributed by atoms with Crippen LogP contribution in [0, 0.1) is 5.41 Å². The Balaban J connectivity index is 2.12. The molecule has 1 aromatic heterocycles. The number of nitrogens with zero attached hydrogens (tertiary/aromatic N) is 2. The molecular formula is C15H24ClN3O2. The van der Waals surface area contributed by atoms with Crippen LogP contribution in [0.4, 0.5) is 5.69 Å². The molecule has 0 saturated heterocycles. The molecule has 0 aromatic carbocycles. The van der Waals surface area contributed by atoms with Crippen LogP contribution in [0.5, 0.6) is 0 Å². The van der Waals surface area contributed by atoms with Gasteiger partial charge >= 0.3 is 0 Å². The van der Waals surface area contributed by atoms with Gasteiger partial charge in [0.1, 0.15) is 5.02 Å². The van der Waals surface area contributed by atoms with Gasteiger partial charge in [-0.1, -0.05) is 38.8 Å². The number of ether oxygens (including phenoxy) is 1. The van der Waals surface area contributed by atoms with Crippen molar-refractivity contribution in [3.63, 3.8) is 0 Å². The highest BCUT2D eigenvalue weighted by Gasteiger charge is 2.48. The first-order chi connectivity index (χ1) is 9.91. The van der Waals surface area contributed by atoms with E-state index in [2.05, 4.69) is 31.2 Å². The zero-order valence-corrected chi connectivity index (χ0v) is 13.9. The van der Waals surface area contributed by atoms with E-state index < -0.39 is 0 Å². The number of methoxy groups -OCH3 is 1. The van der Waals surface area contributed by atoms with Gasteiger partial charge < -0.3 is 10.1 Å². The molecular weight excluding hydrogens is 290 g/mol. The van der Waals surface area contributed by atoms with Gasteiger partial charge in [-0.15, -0.1) is 0 Å². The zero-order valence-electron chi connectivity index (χ0n) is 13.1. The van der Waals surface area contributed by atoms with Crippen molar-refractivity contribution in [1.82, 2.24) is 9.78 Å². The van der Waals surface area contributed by atoms with Crippen LogP contribution in [0.2, 0.25) is 5.02 Å². The van der Waals surface area contributed by atoms with E-state index in [1.54, 1.807) is 13.3 Å². The summed E-state index contributed by atoms with van der Waals surface area (Å²) in [5.74, 6) is 0. The molecule has 1 aliphatic rings. The van der Waals surface area contributed by atoms with Crippen molar-refractivity contribution in [2.24, 2.45) is 5.41 Å². The number of aryl methyl sites for hydroxylation is 1. The first-order valence-corrected chi connectivity index (χ1v) is 7.84. The van der Waals surface area contributed by atoms with Gasteiger partial charge in [-0.3, -0.25) is 4.79 Å². The summed E-state index contributed by atoms with van der Waals surface area (Å²) in [7, 11) is 1.73. The summed E-state index contributed by atoms with van der Waals surface area (Å²) < 4.78 is 6.86. The van der Waals surface area contributed by atoms with Gasteiger partial charge in [0, 0.05) is 25.1 Å². The molecule has 0 amide bonds. The molecule has 1 saturated carbocycles. The fourth-order valence-corrected chi connectivity index (χ4v) is 2.95. The van der Waals surface area contributed by atoms with Crippen molar-refractivity contribution < 1.29 is 4.74 Å². The van der Waals surface area contributed by atoms with Gasteiger partial charge in [0.2, 0.25) is 0 Å². The van der Waals surface area contributed by atoms with E-state index in [1.807, 2.05) is 0 Å². The van der Waals surface area contributed by atoms with Crippen LogP contribution >= 0.6 is 11.6 Å². The highest BCUT2D eigenvalue weighted by Crippen LogP contribution is 2.44. The van der Waals surface area contributed by atoms with E-state index in [0.717, 1.165) is 19.3 Å². The summed E-state index contributed by atoms with van der Waals surface area (Å²) in [5, 5.41) is 7.76. The molecule has 2 atom stereocenters. The molecule has 0 radical (unpaired) electrons. The number of hydrogen-bond acceptors (Lipinski definition) is 4. The summed E-state index contributed by atoms with van der Waals surface area (Å²) in [6.07, 6.45) is 4.71. The number of unbranched alkanes of at least 4 members (excludes halogenated alkanes) is 1. The van der Waals surface area contributed by atoms with Crippen LogP contribution in [0.3, 0.4) is 0 Å². The minimum atomic E-state index is -0.226. The summed E-state index contributed by atoms with van der Waals surface area (Å²) in [5.41, 5.74) is 0.396. The number of rotatable bonds is 6. The van der Waals surface area contributed by atoms with Crippen LogP contribution < -0.4 is 10.9 Å². The Morgan fingerprint density at radius 2 is 2.29 bits per heavy atom. The van der Waals surface area contributed by atoms with Gasteiger partial charge in [-0.2, -0.15) is 5.10 Å². The number of hydrogen-bond donors (Lipinski definition) is 1. The van der Waals surface area contributed by atoms with E-state index in [0.29, 0.717) is 12.2 Å². The average Bonchev–Trinajstić information content (AvgIpc) is 2.46. The Hall–Kier alpha value is -1.07. The van der Waals surface area contributed by atoms with Crippen molar-refractivity contribution >= 4 is 17.3 Å². The van der Waals surface area contributed by atoms with Crippen LogP contribution in [0.1, 0.15) is 40.0 Å². The summed E-state index contributed by atoms with van der Waals surface area (Å²) in [6.45, 7) is 6.97. The summed E-state index contributed by atoms with van der Waals surface area (Å²) in [4.78, 5) is 12.2. The third kappa shape index (κ3) is 3.09. The molecule has 0 bridgehead atoms. The monoisotopic (exact) mass is 313 g/mol. The van der Waals surface area contributed by atoms with Crippen LogP contribution in [-0.4, -0.2) is 29.0 Å². The number of nitrogens with one attached hydrogen (secondary N) is 1. The van der Waals surface area contributed by atoms with Gasteiger partial charge in [0.15, 0.2) is 0 Å². The standard InChI is InChI=1S/C15H24ClN3O2/c1-5-6-7-19-14(20)13(16)10(9-17-19)18-11-8-12(21-4)15(11,2)3/h9,11-12,18H,5-8H2,1-4H3. The minimum Gasteiger partial charge on any atom is -0.381 e. The molecule has 2 unspecified atom stereocenters. The highest BCUT2D eigenvalue weighted by molar-refractivity contribution is 6.32. The van der Waals surface area contributed by atoms with Crippen molar-refractivity contribution in [2.45, 2.75) is 58.7 Å². The van der Waals surface area contributed by atoms with Gasteiger partial charge in [-0.25, -0.2) is 4.68 Å². The van der Waals surface area contributed by atoms with E-state index >= 15 is 0 Å². The minimum absolute atomic E-state index is 0.00908. The predicted octanol–water partition coefficient (Wildman–Crippen LogP) is 2.92. The molecule has 1 aliphatic carbocycles. The zero-order chi connectivity index (χ0) is 15.6. The normalized spacial score (nSPS) is 23.7. The number of anilines is 1. The van der Waals surface area contributed by atoms with Gasteiger partial charge in [0.25, 0.3) is 5.56 Å². The van der Waals surface area contributed by atoms with Gasteiger partial charge in [0.05, 0.1) is 18.0 Å². The third-order valence-electron chi connectivity index (χ3n) is 4.50. The molecule has 1 heterocycles. The maximum absolute atomic E-state index is 12.2. The Morgan fingerprint density at radius 3 is 2.86 bits per heavy atom. The Labute approximate surface area is 130 Å². The molecule has 0 spiro atoms. The predicted molar refractivity (Wildman–Crippen MR) is 85.0 cm³/mol. The fraction of sp³-hybridized carbons (Fsp3) is 0.733. The Kier molecular flexibility index (Phi) is 4.94. The van der Waals surface area contributed by atoms with Crippen molar-refractivity contribution in [3.8, 4) is 0 Å². The van der Waals surface area contributed by atoms with Crippen molar-refractivity contribution in [3.05, 3.63) is 21.6 Å². The molecule has 6 heteroatoms. The molecule has 1 aromatic rings. The number of halogens is 1. The van der Waals surface area contributed by atoms with E-state index in [-0.39, 0.29) is 28.1 Å². The lowest BCUT2D eigenvalue weighted by Crippen LogP contribution is -2.57. The molecule has 2 rings (SSSR count). The molecule has 1 N–H and O–H groups in total. The number of aromatic nitrogens is 2. The topological polar surface area (TPSA) is 56.1 Å². The van der Waals surface area contributed by atoms with Crippen LogP contribution in [0.15, 0.2) is 11.0 Å². The molecule has 21 heavy (non-hydrogen) atoms. The fourth-order valence-electron chi connectivity index (χ4n) is 2.75. The second-order valence-electron chi connectivity index (χ2n) is 6.23. The molecule has 0 aliphatic heterocycles. The van der Waals surface area contributed by atoms with Gasteiger partial charge in [-0.05, 0) is 12.8 Å². The van der Waals surface area contributed by atoms with E-state index in [4.69, 9.17) is 16.3 Å². The maximum atomic E-state index is 12.2. The van der Waals surface area contributed by atoms with E-state index in [1.165, 1.54) is 4.68 Å². The average molecular weight is 314 g/mol. The van der Waals surface area contributed by atoms with E-state index in [9.17, 15) is 4.79 Å². The third-order valence-corrected chi connectivity index (χ3v) is 4.87. The largest absolute Gasteiger partial charge is 0.381 e. The highest BCUT2D eigenvalue weighted by atomic mass is 35.5. The van der Waals surface area contributed by atoms with Crippen LogP contribution in [0.25, 0.3) is 0 Å².